The van der Waals surface area contributed by atoms with E-state index in [1.807, 2.05) is 19.9 Å². The van der Waals surface area contributed by atoms with Crippen molar-refractivity contribution >= 4 is 23.6 Å². The molecular weight excluding hydrogens is 396 g/mol. The Balaban J connectivity index is 1.36. The number of carbonyl (C=O) groups excluding carboxylic acids is 4. The number of likely N-dealkylation sites (tertiary alicyclic amines) is 1. The second kappa shape index (κ2) is 10.5. The Morgan fingerprint density at radius 1 is 1.06 bits per heavy atom. The second-order valence-corrected chi connectivity index (χ2v) is 8.38. The van der Waals surface area contributed by atoms with Gasteiger partial charge in [-0.1, -0.05) is 18.6 Å². The molecule has 4 amide bonds. The smallest absolute Gasteiger partial charge is 0.261 e. The molecule has 0 aliphatic carbocycles. The van der Waals surface area contributed by atoms with E-state index in [4.69, 9.17) is 0 Å². The lowest BCUT2D eigenvalue weighted by atomic mass is 10.0. The molecule has 31 heavy (non-hydrogen) atoms. The molecule has 2 aliphatic rings. The first kappa shape index (κ1) is 22.9. The molecule has 168 valence electrons. The average molecular weight is 429 g/mol. The van der Waals surface area contributed by atoms with Crippen molar-refractivity contribution in [3.8, 4) is 0 Å². The molecule has 0 aromatic heterocycles. The number of carbonyl (C=O) groups is 4. The van der Waals surface area contributed by atoms with Crippen LogP contribution in [-0.2, 0) is 9.59 Å². The van der Waals surface area contributed by atoms with Crippen molar-refractivity contribution in [1.82, 2.24) is 20.4 Å². The van der Waals surface area contributed by atoms with Crippen LogP contribution < -0.4 is 10.6 Å². The van der Waals surface area contributed by atoms with E-state index in [1.165, 1.54) is 4.90 Å². The number of piperidine rings is 1. The van der Waals surface area contributed by atoms with Crippen LogP contribution in [0.3, 0.4) is 0 Å². The Morgan fingerprint density at radius 2 is 1.77 bits per heavy atom. The Kier molecular flexibility index (Phi) is 7.79. The molecule has 0 atom stereocenters. The Bertz CT molecular complexity index is 846. The summed E-state index contributed by atoms with van der Waals surface area (Å²) in [5.74, 6) is -0.575. The summed E-state index contributed by atoms with van der Waals surface area (Å²) in [6, 6.07) is 5.35. The van der Waals surface area contributed by atoms with E-state index < -0.39 is 0 Å². The van der Waals surface area contributed by atoms with Gasteiger partial charge in [-0.15, -0.1) is 0 Å². The van der Waals surface area contributed by atoms with E-state index in [1.54, 1.807) is 12.1 Å². The number of hydrogen-bond donors (Lipinski definition) is 2. The number of fused-ring (bicyclic) bond motifs is 1. The normalized spacial score (nSPS) is 17.0. The predicted molar refractivity (Wildman–Crippen MR) is 117 cm³/mol. The van der Waals surface area contributed by atoms with Gasteiger partial charge in [0.15, 0.2) is 0 Å². The zero-order valence-electron chi connectivity index (χ0n) is 18.4. The molecule has 3 rings (SSSR count). The molecule has 1 fully saturated rings. The number of amides is 4. The van der Waals surface area contributed by atoms with Gasteiger partial charge in [0, 0.05) is 38.6 Å². The largest absolute Gasteiger partial charge is 0.355 e. The van der Waals surface area contributed by atoms with Crippen molar-refractivity contribution in [3.63, 3.8) is 0 Å². The van der Waals surface area contributed by atoms with E-state index in [0.717, 1.165) is 37.9 Å². The predicted octanol–water partition coefficient (Wildman–Crippen LogP) is 1.48. The van der Waals surface area contributed by atoms with Crippen LogP contribution in [0.5, 0.6) is 0 Å². The molecule has 1 aromatic rings. The Hall–Kier alpha value is -2.74. The number of rotatable bonds is 9. The van der Waals surface area contributed by atoms with Crippen LogP contribution in [0.4, 0.5) is 0 Å². The summed E-state index contributed by atoms with van der Waals surface area (Å²) >= 11 is 0. The first-order chi connectivity index (χ1) is 14.9. The van der Waals surface area contributed by atoms with E-state index in [-0.39, 0.29) is 42.6 Å². The molecule has 8 heteroatoms. The molecule has 0 spiro atoms. The lowest BCUT2D eigenvalue weighted by Crippen LogP contribution is -2.47. The fraction of sp³-hybridized carbons (Fsp3) is 0.565. The fourth-order valence-electron chi connectivity index (χ4n) is 4.06. The van der Waals surface area contributed by atoms with Crippen molar-refractivity contribution in [1.29, 1.82) is 0 Å². The summed E-state index contributed by atoms with van der Waals surface area (Å²) in [5.41, 5.74) is 1.83. The topological polar surface area (TPSA) is 98.8 Å². The highest BCUT2D eigenvalue weighted by Gasteiger charge is 2.35. The number of benzene rings is 1. The van der Waals surface area contributed by atoms with Crippen molar-refractivity contribution in [2.45, 2.75) is 52.0 Å². The summed E-state index contributed by atoms with van der Waals surface area (Å²) in [6.45, 7) is 6.81. The standard InChI is InChI=1S/C23H32N4O4/c1-3-10-24-21(29)15-26-12-8-17(9-13-26)25-20(28)5-4-11-27-22(30)18-7-6-16(2)14-19(18)23(27)31/h6-7,14,17H,3-5,8-13,15H2,1-2H3,(H,24,29)(H,25,28). The zero-order chi connectivity index (χ0) is 22.4. The number of nitrogens with one attached hydrogen (secondary N) is 2. The maximum atomic E-state index is 12.5. The van der Waals surface area contributed by atoms with Gasteiger partial charge in [-0.25, -0.2) is 0 Å². The van der Waals surface area contributed by atoms with Crippen LogP contribution in [0.15, 0.2) is 18.2 Å². The van der Waals surface area contributed by atoms with Crippen LogP contribution >= 0.6 is 0 Å². The van der Waals surface area contributed by atoms with E-state index in [2.05, 4.69) is 15.5 Å². The van der Waals surface area contributed by atoms with Crippen LogP contribution in [0.2, 0.25) is 0 Å². The van der Waals surface area contributed by atoms with Crippen molar-refractivity contribution < 1.29 is 19.2 Å². The Morgan fingerprint density at radius 3 is 2.48 bits per heavy atom. The molecule has 1 saturated heterocycles. The average Bonchev–Trinajstić information content (AvgIpc) is 2.98. The lowest BCUT2D eigenvalue weighted by Gasteiger charge is -2.31. The zero-order valence-corrected chi connectivity index (χ0v) is 18.4. The van der Waals surface area contributed by atoms with Gasteiger partial charge in [0.2, 0.25) is 11.8 Å². The third-order valence-electron chi connectivity index (χ3n) is 5.80. The molecule has 2 N–H and O–H groups in total. The molecular formula is C23H32N4O4. The van der Waals surface area contributed by atoms with Crippen LogP contribution in [-0.4, -0.2) is 72.2 Å². The minimum absolute atomic E-state index is 0.0488. The molecule has 0 unspecified atom stereocenters. The molecule has 0 saturated carbocycles. The first-order valence-corrected chi connectivity index (χ1v) is 11.1. The molecule has 2 heterocycles. The van der Waals surface area contributed by atoms with Gasteiger partial charge in [-0.2, -0.15) is 0 Å². The SMILES string of the molecule is CCCNC(=O)CN1CCC(NC(=O)CCCN2C(=O)c3ccc(C)cc3C2=O)CC1. The number of nitrogens with zero attached hydrogens (tertiary/aromatic N) is 2. The second-order valence-electron chi connectivity index (χ2n) is 8.38. The van der Waals surface area contributed by atoms with Crippen molar-refractivity contribution in [2.75, 3.05) is 32.7 Å². The molecule has 2 aliphatic heterocycles. The third-order valence-corrected chi connectivity index (χ3v) is 5.80. The first-order valence-electron chi connectivity index (χ1n) is 11.1. The third kappa shape index (κ3) is 5.91. The monoisotopic (exact) mass is 428 g/mol. The highest BCUT2D eigenvalue weighted by atomic mass is 16.2. The molecule has 0 bridgehead atoms. The van der Waals surface area contributed by atoms with Crippen LogP contribution in [0.25, 0.3) is 0 Å². The minimum atomic E-state index is -0.282. The quantitative estimate of drug-likeness (QED) is 0.581. The van der Waals surface area contributed by atoms with E-state index >= 15 is 0 Å². The molecule has 1 aromatic carbocycles. The number of imide groups is 1. The van der Waals surface area contributed by atoms with Crippen LogP contribution in [0.1, 0.15) is 65.3 Å². The van der Waals surface area contributed by atoms with Gasteiger partial charge >= 0.3 is 0 Å². The number of aryl methyl sites for hydroxylation is 1. The van der Waals surface area contributed by atoms with Gasteiger partial charge in [0.1, 0.15) is 0 Å². The fourth-order valence-corrected chi connectivity index (χ4v) is 4.06. The highest BCUT2D eigenvalue weighted by Crippen LogP contribution is 2.24. The van der Waals surface area contributed by atoms with Gasteiger partial charge in [0.25, 0.3) is 11.8 Å². The maximum absolute atomic E-state index is 12.5. The van der Waals surface area contributed by atoms with Gasteiger partial charge in [-0.3, -0.25) is 29.0 Å². The summed E-state index contributed by atoms with van der Waals surface area (Å²) in [5, 5.41) is 5.93. The summed E-state index contributed by atoms with van der Waals surface area (Å²) in [6.07, 6.45) is 3.25. The minimum Gasteiger partial charge on any atom is -0.355 e. The molecule has 8 nitrogen and oxygen atoms in total. The summed E-state index contributed by atoms with van der Waals surface area (Å²) in [7, 11) is 0. The van der Waals surface area contributed by atoms with Crippen LogP contribution in [0, 0.1) is 6.92 Å². The highest BCUT2D eigenvalue weighted by molar-refractivity contribution is 6.21. The maximum Gasteiger partial charge on any atom is 0.261 e. The van der Waals surface area contributed by atoms with Gasteiger partial charge < -0.3 is 10.6 Å². The lowest BCUT2D eigenvalue weighted by molar-refractivity contribution is -0.124. The van der Waals surface area contributed by atoms with E-state index in [0.29, 0.717) is 30.6 Å². The van der Waals surface area contributed by atoms with Gasteiger partial charge in [-0.05, 0) is 44.7 Å². The summed E-state index contributed by atoms with van der Waals surface area (Å²) in [4.78, 5) is 52.4. The molecule has 0 radical (unpaired) electrons. The Labute approximate surface area is 183 Å². The summed E-state index contributed by atoms with van der Waals surface area (Å²) < 4.78 is 0. The number of hydrogen-bond acceptors (Lipinski definition) is 5. The van der Waals surface area contributed by atoms with Crippen molar-refractivity contribution in [3.05, 3.63) is 34.9 Å². The van der Waals surface area contributed by atoms with E-state index in [9.17, 15) is 19.2 Å². The van der Waals surface area contributed by atoms with Crippen molar-refractivity contribution in [2.24, 2.45) is 0 Å². The van der Waals surface area contributed by atoms with Gasteiger partial charge in [0.05, 0.1) is 17.7 Å².